The van der Waals surface area contributed by atoms with Gasteiger partial charge >= 0.3 is 0 Å². The van der Waals surface area contributed by atoms with E-state index in [1.165, 1.54) is 69.8 Å². The van der Waals surface area contributed by atoms with E-state index in [9.17, 15) is 0 Å². The molecule has 0 aromatic carbocycles. The first-order valence-corrected chi connectivity index (χ1v) is 13.0. The maximum Gasteiger partial charge on any atom is 0.168 e. The number of aryl methyl sites for hydroxylation is 1. The highest BCUT2D eigenvalue weighted by molar-refractivity contribution is 7.80. The summed E-state index contributed by atoms with van der Waals surface area (Å²) in [5.41, 5.74) is 2.01. The van der Waals surface area contributed by atoms with Gasteiger partial charge in [-0.25, -0.2) is 0 Å². The van der Waals surface area contributed by atoms with Crippen molar-refractivity contribution in [2.24, 2.45) is 23.2 Å². The van der Waals surface area contributed by atoms with Crippen molar-refractivity contribution in [3.8, 4) is 0 Å². The molecule has 0 unspecified atom stereocenters. The van der Waals surface area contributed by atoms with Crippen molar-refractivity contribution in [1.29, 1.82) is 0 Å². The van der Waals surface area contributed by atoms with E-state index in [-0.39, 0.29) is 0 Å². The van der Waals surface area contributed by atoms with Crippen molar-refractivity contribution in [1.82, 2.24) is 15.2 Å². The summed E-state index contributed by atoms with van der Waals surface area (Å²) in [7, 11) is 0. The number of nitrogens with zero attached hydrogens (tertiary/aromatic N) is 2. The highest BCUT2D eigenvalue weighted by Crippen LogP contribution is 2.61. The van der Waals surface area contributed by atoms with E-state index in [0.29, 0.717) is 5.41 Å². The molecule has 3 nitrogen and oxygen atoms in total. The molecule has 4 heteroatoms. The lowest BCUT2D eigenvalue weighted by atomic mass is 9.49. The Morgan fingerprint density at radius 2 is 1.70 bits per heavy atom. The van der Waals surface area contributed by atoms with Crippen molar-refractivity contribution in [3.63, 3.8) is 0 Å². The van der Waals surface area contributed by atoms with Crippen molar-refractivity contribution < 1.29 is 0 Å². The summed E-state index contributed by atoms with van der Waals surface area (Å²) in [6.45, 7) is 5.53. The number of thiocarbonyl (C=S) groups is 1. The highest BCUT2D eigenvalue weighted by atomic mass is 32.1. The van der Waals surface area contributed by atoms with Crippen LogP contribution in [-0.4, -0.2) is 34.6 Å². The molecule has 4 aliphatic carbocycles. The Bertz CT molecular complexity index is 639. The van der Waals surface area contributed by atoms with Crippen molar-refractivity contribution in [3.05, 3.63) is 30.1 Å². The zero-order chi connectivity index (χ0) is 20.8. The largest absolute Gasteiger partial charge is 0.363 e. The Morgan fingerprint density at radius 3 is 2.33 bits per heavy atom. The predicted octanol–water partition coefficient (Wildman–Crippen LogP) is 5.99. The molecule has 1 N–H and O–H groups in total. The van der Waals surface area contributed by atoms with E-state index < -0.39 is 0 Å². The summed E-state index contributed by atoms with van der Waals surface area (Å²) in [5.74, 6) is 3.13. The third-order valence-electron chi connectivity index (χ3n) is 8.06. The van der Waals surface area contributed by atoms with Gasteiger partial charge in [-0.3, -0.25) is 4.98 Å². The molecule has 166 valence electrons. The molecule has 5 rings (SSSR count). The summed E-state index contributed by atoms with van der Waals surface area (Å²) in [5, 5.41) is 4.57. The van der Waals surface area contributed by atoms with Crippen LogP contribution in [0.15, 0.2) is 24.5 Å². The van der Waals surface area contributed by atoms with Gasteiger partial charge < -0.3 is 10.2 Å². The molecule has 4 bridgehead atoms. The predicted molar refractivity (Wildman–Crippen MR) is 129 cm³/mol. The molecule has 0 aliphatic heterocycles. The smallest absolute Gasteiger partial charge is 0.168 e. The second-order valence-electron chi connectivity index (χ2n) is 10.6. The number of aromatic nitrogens is 1. The molecule has 4 saturated carbocycles. The standard InChI is InChI=1S/C26H41N3S/c1-2-3-4-13-29(25(30)28-10-5-6-21-7-11-27-12-8-21)14-9-26-18-22-15-23(19-26)17-24(16-22)20-26/h7-8,11-12,22-24H,2-6,9-10,13-20H2,1H3,(H,28,30). The lowest BCUT2D eigenvalue weighted by Crippen LogP contribution is -2.48. The van der Waals surface area contributed by atoms with E-state index in [0.717, 1.165) is 55.3 Å². The van der Waals surface area contributed by atoms with Crippen molar-refractivity contribution >= 4 is 17.3 Å². The Labute approximate surface area is 189 Å². The van der Waals surface area contributed by atoms with Gasteiger partial charge in [0.15, 0.2) is 5.11 Å². The lowest BCUT2D eigenvalue weighted by molar-refractivity contribution is -0.0591. The molecule has 1 aromatic rings. The van der Waals surface area contributed by atoms with E-state index in [1.54, 1.807) is 0 Å². The molecular formula is C26H41N3S. The fourth-order valence-electron chi connectivity index (χ4n) is 6.98. The quantitative estimate of drug-likeness (QED) is 0.347. The maximum atomic E-state index is 5.87. The fraction of sp³-hybridized carbons (Fsp3) is 0.769. The topological polar surface area (TPSA) is 28.2 Å². The highest BCUT2D eigenvalue weighted by Gasteiger charge is 2.50. The second-order valence-corrected chi connectivity index (χ2v) is 10.9. The van der Waals surface area contributed by atoms with Crippen LogP contribution in [0, 0.1) is 23.2 Å². The number of unbranched alkanes of at least 4 members (excludes halogenated alkanes) is 2. The lowest BCUT2D eigenvalue weighted by Gasteiger charge is -2.57. The zero-order valence-corrected chi connectivity index (χ0v) is 19.8. The van der Waals surface area contributed by atoms with Gasteiger partial charge in [-0.05, 0) is 117 Å². The molecule has 30 heavy (non-hydrogen) atoms. The summed E-state index contributed by atoms with van der Waals surface area (Å²) >= 11 is 5.87. The monoisotopic (exact) mass is 427 g/mol. The van der Waals surface area contributed by atoms with Crippen molar-refractivity contribution in [2.45, 2.75) is 84.0 Å². The minimum atomic E-state index is 0.648. The van der Waals surface area contributed by atoms with Crippen LogP contribution in [0.5, 0.6) is 0 Å². The van der Waals surface area contributed by atoms with E-state index >= 15 is 0 Å². The number of hydrogen-bond donors (Lipinski definition) is 1. The van der Waals surface area contributed by atoms with Crippen LogP contribution in [0.3, 0.4) is 0 Å². The maximum absolute atomic E-state index is 5.87. The molecule has 0 radical (unpaired) electrons. The molecule has 0 atom stereocenters. The average Bonchev–Trinajstić information content (AvgIpc) is 2.73. The fourth-order valence-corrected chi connectivity index (χ4v) is 7.27. The van der Waals surface area contributed by atoms with Gasteiger partial charge in [0, 0.05) is 32.0 Å². The van der Waals surface area contributed by atoms with Gasteiger partial charge in [0.2, 0.25) is 0 Å². The third-order valence-corrected chi connectivity index (χ3v) is 8.47. The zero-order valence-electron chi connectivity index (χ0n) is 19.0. The van der Waals surface area contributed by atoms with E-state index in [1.807, 2.05) is 12.4 Å². The second kappa shape index (κ2) is 10.4. The normalized spacial score (nSPS) is 29.2. The minimum absolute atomic E-state index is 0.648. The number of pyridine rings is 1. The van der Waals surface area contributed by atoms with Gasteiger partial charge in [-0.15, -0.1) is 0 Å². The van der Waals surface area contributed by atoms with Gasteiger partial charge in [-0.2, -0.15) is 0 Å². The van der Waals surface area contributed by atoms with Crippen LogP contribution >= 0.6 is 12.2 Å². The van der Waals surface area contributed by atoms with Crippen LogP contribution in [0.25, 0.3) is 0 Å². The van der Waals surface area contributed by atoms with Crippen LogP contribution in [0.1, 0.15) is 83.1 Å². The summed E-state index contributed by atoms with van der Waals surface area (Å²) < 4.78 is 0. The summed E-state index contributed by atoms with van der Waals surface area (Å²) in [4.78, 5) is 6.62. The van der Waals surface area contributed by atoms with Crippen molar-refractivity contribution in [2.75, 3.05) is 19.6 Å². The van der Waals surface area contributed by atoms with Gasteiger partial charge in [0.05, 0.1) is 0 Å². The molecule has 0 saturated heterocycles. The van der Waals surface area contributed by atoms with Crippen LogP contribution in [-0.2, 0) is 6.42 Å². The van der Waals surface area contributed by atoms with Crippen LogP contribution in [0.4, 0.5) is 0 Å². The number of nitrogens with one attached hydrogen (secondary N) is 1. The Balaban J connectivity index is 1.26. The first kappa shape index (κ1) is 22.0. The Morgan fingerprint density at radius 1 is 1.03 bits per heavy atom. The average molecular weight is 428 g/mol. The molecule has 1 heterocycles. The first-order valence-electron chi connectivity index (χ1n) is 12.6. The Hall–Kier alpha value is -1.16. The molecule has 4 fully saturated rings. The Kier molecular flexibility index (Phi) is 7.67. The minimum Gasteiger partial charge on any atom is -0.363 e. The van der Waals surface area contributed by atoms with E-state index in [2.05, 4.69) is 34.3 Å². The first-order chi connectivity index (χ1) is 14.7. The van der Waals surface area contributed by atoms with Gasteiger partial charge in [0.1, 0.15) is 0 Å². The van der Waals surface area contributed by atoms with Gasteiger partial charge in [0.25, 0.3) is 0 Å². The third kappa shape index (κ3) is 5.75. The molecule has 0 spiro atoms. The summed E-state index contributed by atoms with van der Waals surface area (Å²) in [6, 6.07) is 4.22. The van der Waals surface area contributed by atoms with Crippen LogP contribution in [0.2, 0.25) is 0 Å². The van der Waals surface area contributed by atoms with Crippen LogP contribution < -0.4 is 5.32 Å². The van der Waals surface area contributed by atoms with E-state index in [4.69, 9.17) is 12.2 Å². The molecule has 0 amide bonds. The summed E-state index contributed by atoms with van der Waals surface area (Å²) in [6.07, 6.45) is 20.3. The number of rotatable bonds is 11. The van der Waals surface area contributed by atoms with Gasteiger partial charge in [-0.1, -0.05) is 19.8 Å². The molecular weight excluding hydrogens is 386 g/mol. The molecule has 4 aliphatic rings. The SMILES string of the molecule is CCCCCN(CCC12CC3CC(CC(C3)C1)C2)C(=S)NCCCc1ccncc1. The number of hydrogen-bond acceptors (Lipinski definition) is 2. The molecule has 1 aromatic heterocycles.